The summed E-state index contributed by atoms with van der Waals surface area (Å²) in [5, 5.41) is 4.69. The zero-order valence-corrected chi connectivity index (χ0v) is 18.8. The Morgan fingerprint density at radius 3 is 2.53 bits per heavy atom. The van der Waals surface area contributed by atoms with Crippen LogP contribution in [0.1, 0.15) is 29.3 Å². The third-order valence-electron chi connectivity index (χ3n) is 5.16. The molecule has 1 fully saturated rings. The third-order valence-corrected chi connectivity index (χ3v) is 5.88. The molecule has 0 amide bonds. The molecule has 1 saturated heterocycles. The van der Waals surface area contributed by atoms with Crippen molar-refractivity contribution in [2.24, 2.45) is 0 Å². The van der Waals surface area contributed by atoms with Crippen LogP contribution < -0.4 is 5.32 Å². The third kappa shape index (κ3) is 6.77. The second-order valence-electron chi connectivity index (χ2n) is 7.38. The zero-order chi connectivity index (χ0) is 21.3. The fourth-order valence-electron chi connectivity index (χ4n) is 3.39. The lowest BCUT2D eigenvalue weighted by Crippen LogP contribution is -2.40. The van der Waals surface area contributed by atoms with Crippen LogP contribution >= 0.6 is 23.8 Å². The number of ether oxygens (including phenoxy) is 1. The molecule has 0 spiro atoms. The summed E-state index contributed by atoms with van der Waals surface area (Å²) in [6.07, 6.45) is 0.996. The lowest BCUT2D eigenvalue weighted by atomic mass is 10.1. The molecule has 1 heterocycles. The number of nitrogens with zero attached hydrogens (tertiary/aromatic N) is 2. The van der Waals surface area contributed by atoms with Crippen LogP contribution in [0.25, 0.3) is 0 Å². The Morgan fingerprint density at radius 2 is 1.87 bits per heavy atom. The summed E-state index contributed by atoms with van der Waals surface area (Å²) in [6, 6.07) is 15.2. The van der Waals surface area contributed by atoms with E-state index in [4.69, 9.17) is 28.6 Å². The van der Waals surface area contributed by atoms with Crippen LogP contribution in [0.3, 0.4) is 0 Å². The van der Waals surface area contributed by atoms with Gasteiger partial charge in [-0.2, -0.15) is 0 Å². The van der Waals surface area contributed by atoms with Gasteiger partial charge in [0.1, 0.15) is 0 Å². The number of ketones is 1. The largest absolute Gasteiger partial charge is 0.379 e. The highest BCUT2D eigenvalue weighted by Gasteiger charge is 2.15. The Balaban J connectivity index is 1.64. The van der Waals surface area contributed by atoms with Gasteiger partial charge in [-0.15, -0.1) is 0 Å². The van der Waals surface area contributed by atoms with Crippen molar-refractivity contribution in [2.45, 2.75) is 19.9 Å². The molecule has 3 rings (SSSR count). The van der Waals surface area contributed by atoms with E-state index in [0.29, 0.717) is 17.2 Å². The molecule has 0 atom stereocenters. The average Bonchev–Trinajstić information content (AvgIpc) is 2.75. The van der Waals surface area contributed by atoms with E-state index in [1.807, 2.05) is 48.5 Å². The monoisotopic (exact) mass is 445 g/mol. The number of thiocarbonyl (C=S) groups is 1. The summed E-state index contributed by atoms with van der Waals surface area (Å²) in [5.41, 5.74) is 2.59. The van der Waals surface area contributed by atoms with Crippen LogP contribution in [-0.4, -0.2) is 60.1 Å². The topological polar surface area (TPSA) is 44.8 Å². The van der Waals surface area contributed by atoms with E-state index in [2.05, 4.69) is 15.1 Å². The SMILES string of the molecule is CC(=O)c1ccc(NC(=S)N(CCCN2CCOCC2)Cc2ccccc2Cl)cc1. The molecular weight excluding hydrogens is 418 g/mol. The Morgan fingerprint density at radius 1 is 1.17 bits per heavy atom. The standard InChI is InChI=1S/C23H28ClN3O2S/c1-18(28)19-7-9-21(10-8-19)25-23(30)27(17-20-5-2-3-6-22(20)24)12-4-11-26-13-15-29-16-14-26/h2-3,5-10H,4,11-17H2,1H3,(H,25,30). The fourth-order valence-corrected chi connectivity index (χ4v) is 3.85. The molecule has 1 aliphatic heterocycles. The summed E-state index contributed by atoms with van der Waals surface area (Å²) >= 11 is 12.1. The summed E-state index contributed by atoms with van der Waals surface area (Å²) in [5.74, 6) is 0.0487. The Kier molecular flexibility index (Phi) is 8.63. The lowest BCUT2D eigenvalue weighted by molar-refractivity contribution is 0.0368. The second kappa shape index (κ2) is 11.4. The van der Waals surface area contributed by atoms with Gasteiger partial charge in [0.05, 0.1) is 13.2 Å². The Hall–Kier alpha value is -1.99. The van der Waals surface area contributed by atoms with Crippen LogP contribution in [0, 0.1) is 0 Å². The number of anilines is 1. The van der Waals surface area contributed by atoms with Gasteiger partial charge in [-0.3, -0.25) is 9.69 Å². The van der Waals surface area contributed by atoms with Crippen LogP contribution in [0.4, 0.5) is 5.69 Å². The quantitative estimate of drug-likeness (QED) is 0.478. The van der Waals surface area contributed by atoms with Crippen molar-refractivity contribution < 1.29 is 9.53 Å². The summed E-state index contributed by atoms with van der Waals surface area (Å²) in [7, 11) is 0. The number of morpholine rings is 1. The zero-order valence-electron chi connectivity index (χ0n) is 17.3. The molecule has 1 aliphatic rings. The van der Waals surface area contributed by atoms with Crippen molar-refractivity contribution in [3.05, 3.63) is 64.7 Å². The summed E-state index contributed by atoms with van der Waals surface area (Å²) in [6.45, 7) is 7.61. The normalized spacial score (nSPS) is 14.3. The number of carbonyl (C=O) groups is 1. The first-order valence-corrected chi connectivity index (χ1v) is 11.0. The van der Waals surface area contributed by atoms with Crippen molar-refractivity contribution in [3.8, 4) is 0 Å². The maximum absolute atomic E-state index is 11.5. The van der Waals surface area contributed by atoms with Crippen molar-refractivity contribution in [3.63, 3.8) is 0 Å². The van der Waals surface area contributed by atoms with Crippen molar-refractivity contribution in [2.75, 3.05) is 44.7 Å². The molecule has 1 N–H and O–H groups in total. The molecule has 2 aromatic carbocycles. The number of Topliss-reactive ketones (excluding diaryl/α,β-unsaturated/α-hetero) is 1. The Bertz CT molecular complexity index is 854. The Labute approximate surface area is 189 Å². The molecule has 0 radical (unpaired) electrons. The highest BCUT2D eigenvalue weighted by atomic mass is 35.5. The molecule has 0 bridgehead atoms. The molecule has 0 unspecified atom stereocenters. The summed E-state index contributed by atoms with van der Waals surface area (Å²) in [4.78, 5) is 16.1. The minimum atomic E-state index is 0.0487. The number of hydrogen-bond acceptors (Lipinski definition) is 4. The number of hydrogen-bond donors (Lipinski definition) is 1. The predicted octanol–water partition coefficient (Wildman–Crippen LogP) is 4.46. The molecule has 2 aromatic rings. The van der Waals surface area contributed by atoms with Crippen molar-refractivity contribution in [1.29, 1.82) is 0 Å². The molecule has 0 aromatic heterocycles. The number of nitrogens with one attached hydrogen (secondary N) is 1. The number of halogens is 1. The van der Waals surface area contributed by atoms with E-state index in [0.717, 1.165) is 62.1 Å². The van der Waals surface area contributed by atoms with E-state index in [9.17, 15) is 4.79 Å². The van der Waals surface area contributed by atoms with Gasteiger partial charge in [0.15, 0.2) is 10.9 Å². The minimum Gasteiger partial charge on any atom is -0.379 e. The van der Waals surface area contributed by atoms with Crippen LogP contribution in [-0.2, 0) is 11.3 Å². The van der Waals surface area contributed by atoms with Gasteiger partial charge in [0.2, 0.25) is 0 Å². The van der Waals surface area contributed by atoms with Gasteiger partial charge in [-0.1, -0.05) is 29.8 Å². The highest BCUT2D eigenvalue weighted by molar-refractivity contribution is 7.80. The lowest BCUT2D eigenvalue weighted by Gasteiger charge is -2.30. The fraction of sp³-hybridized carbons (Fsp3) is 0.391. The number of carbonyl (C=O) groups excluding carboxylic acids is 1. The van der Waals surface area contributed by atoms with E-state index in [1.165, 1.54) is 0 Å². The van der Waals surface area contributed by atoms with Gasteiger partial charge in [-0.25, -0.2) is 0 Å². The highest BCUT2D eigenvalue weighted by Crippen LogP contribution is 2.19. The molecule has 7 heteroatoms. The van der Waals surface area contributed by atoms with E-state index in [1.54, 1.807) is 6.92 Å². The molecule has 5 nitrogen and oxygen atoms in total. The molecule has 0 aliphatic carbocycles. The number of rotatable bonds is 8. The maximum atomic E-state index is 11.5. The predicted molar refractivity (Wildman–Crippen MR) is 126 cm³/mol. The van der Waals surface area contributed by atoms with Gasteiger partial charge < -0.3 is 15.0 Å². The van der Waals surface area contributed by atoms with Crippen LogP contribution in [0.5, 0.6) is 0 Å². The first kappa shape index (κ1) is 22.7. The van der Waals surface area contributed by atoms with Gasteiger partial charge >= 0.3 is 0 Å². The molecule has 30 heavy (non-hydrogen) atoms. The summed E-state index contributed by atoms with van der Waals surface area (Å²) < 4.78 is 5.43. The maximum Gasteiger partial charge on any atom is 0.173 e. The van der Waals surface area contributed by atoms with E-state index in [-0.39, 0.29) is 5.78 Å². The van der Waals surface area contributed by atoms with E-state index >= 15 is 0 Å². The molecule has 0 saturated carbocycles. The first-order chi connectivity index (χ1) is 14.5. The van der Waals surface area contributed by atoms with Crippen molar-refractivity contribution >= 4 is 40.4 Å². The van der Waals surface area contributed by atoms with Gasteiger partial charge in [0, 0.05) is 49.0 Å². The smallest absolute Gasteiger partial charge is 0.173 e. The first-order valence-electron chi connectivity index (χ1n) is 10.2. The minimum absolute atomic E-state index is 0.0487. The molecular formula is C23H28ClN3O2S. The van der Waals surface area contributed by atoms with Crippen LogP contribution in [0.15, 0.2) is 48.5 Å². The second-order valence-corrected chi connectivity index (χ2v) is 8.18. The van der Waals surface area contributed by atoms with Gasteiger partial charge in [0.25, 0.3) is 0 Å². The number of benzene rings is 2. The van der Waals surface area contributed by atoms with Gasteiger partial charge in [-0.05, 0) is 61.5 Å². The molecule has 160 valence electrons. The van der Waals surface area contributed by atoms with Crippen LogP contribution in [0.2, 0.25) is 5.02 Å². The van der Waals surface area contributed by atoms with Crippen molar-refractivity contribution in [1.82, 2.24) is 9.80 Å². The average molecular weight is 446 g/mol. The van der Waals surface area contributed by atoms with E-state index < -0.39 is 0 Å².